The predicted octanol–water partition coefficient (Wildman–Crippen LogP) is 2.73. The van der Waals surface area contributed by atoms with Crippen molar-refractivity contribution in [2.24, 2.45) is 0 Å². The second-order valence-electron chi connectivity index (χ2n) is 5.63. The number of para-hydroxylation sites is 1. The molecule has 0 saturated carbocycles. The van der Waals surface area contributed by atoms with Crippen molar-refractivity contribution < 1.29 is 33.0 Å². The van der Waals surface area contributed by atoms with Crippen LogP contribution in [0.5, 0.6) is 0 Å². The molecule has 6 nitrogen and oxygen atoms in total. The number of aromatic nitrogens is 1. The molecule has 0 unspecified atom stereocenters. The molecule has 2 N–H and O–H groups in total. The molecule has 138 valence electrons. The van der Waals surface area contributed by atoms with Crippen LogP contribution in [0.15, 0.2) is 41.3 Å². The van der Waals surface area contributed by atoms with E-state index in [1.54, 1.807) is 0 Å². The van der Waals surface area contributed by atoms with Gasteiger partial charge in [-0.15, -0.1) is 0 Å². The molecule has 3 rings (SSSR count). The second-order valence-corrected chi connectivity index (χ2v) is 5.63. The average molecular weight is 377 g/mol. The number of rotatable bonds is 4. The van der Waals surface area contributed by atoms with E-state index in [0.29, 0.717) is 6.07 Å². The van der Waals surface area contributed by atoms with Crippen LogP contribution in [0.1, 0.15) is 15.9 Å². The van der Waals surface area contributed by atoms with E-state index >= 15 is 0 Å². The van der Waals surface area contributed by atoms with Crippen LogP contribution < -0.4 is 5.43 Å². The van der Waals surface area contributed by atoms with Gasteiger partial charge < -0.3 is 14.8 Å². The summed E-state index contributed by atoms with van der Waals surface area (Å²) in [5.74, 6) is -8.05. The predicted molar refractivity (Wildman–Crippen MR) is 87.7 cm³/mol. The lowest BCUT2D eigenvalue weighted by Crippen LogP contribution is -2.20. The van der Waals surface area contributed by atoms with Crippen molar-refractivity contribution in [3.05, 3.63) is 75.3 Å². The molecule has 0 aliphatic carbocycles. The number of benzene rings is 2. The van der Waals surface area contributed by atoms with Gasteiger partial charge in [-0.05, 0) is 17.7 Å². The number of hydrogen-bond donors (Lipinski definition) is 2. The Bertz CT molecular complexity index is 1170. The molecule has 0 aliphatic heterocycles. The molecule has 9 heteroatoms. The SMILES string of the molecule is O=C(O)Cc1ccccc1-n1cc(C(=O)O)c(=O)c2cc(F)c(F)c(F)c21. The smallest absolute Gasteiger partial charge is 0.341 e. The van der Waals surface area contributed by atoms with E-state index in [2.05, 4.69) is 0 Å². The van der Waals surface area contributed by atoms with Gasteiger partial charge in [-0.2, -0.15) is 0 Å². The molecular weight excluding hydrogens is 367 g/mol. The summed E-state index contributed by atoms with van der Waals surface area (Å²) in [6, 6.07) is 6.11. The van der Waals surface area contributed by atoms with E-state index in [-0.39, 0.29) is 11.3 Å². The molecule has 0 bridgehead atoms. The third kappa shape index (κ3) is 3.03. The Morgan fingerprint density at radius 2 is 1.70 bits per heavy atom. The zero-order chi connectivity index (χ0) is 19.9. The number of nitrogens with zero attached hydrogens (tertiary/aromatic N) is 1. The lowest BCUT2D eigenvalue weighted by atomic mass is 10.1. The third-order valence-corrected chi connectivity index (χ3v) is 3.95. The first kappa shape index (κ1) is 18.2. The maximum atomic E-state index is 14.5. The van der Waals surface area contributed by atoms with Crippen LogP contribution in [0.3, 0.4) is 0 Å². The van der Waals surface area contributed by atoms with Crippen molar-refractivity contribution in [1.82, 2.24) is 4.57 Å². The quantitative estimate of drug-likeness (QED) is 0.682. The Morgan fingerprint density at radius 3 is 2.33 bits per heavy atom. The van der Waals surface area contributed by atoms with E-state index in [0.717, 1.165) is 10.8 Å². The molecule has 0 fully saturated rings. The van der Waals surface area contributed by atoms with Gasteiger partial charge in [-0.25, -0.2) is 18.0 Å². The summed E-state index contributed by atoms with van der Waals surface area (Å²) in [7, 11) is 0. The van der Waals surface area contributed by atoms with Gasteiger partial charge in [-0.1, -0.05) is 18.2 Å². The number of aliphatic carboxylic acids is 1. The van der Waals surface area contributed by atoms with Crippen molar-refractivity contribution in [3.63, 3.8) is 0 Å². The summed E-state index contributed by atoms with van der Waals surface area (Å²) in [5.41, 5.74) is -2.53. The highest BCUT2D eigenvalue weighted by Crippen LogP contribution is 2.26. The Labute approximate surface area is 148 Å². The largest absolute Gasteiger partial charge is 0.481 e. The number of fused-ring (bicyclic) bond motifs is 1. The highest BCUT2D eigenvalue weighted by Gasteiger charge is 2.23. The molecule has 2 aromatic carbocycles. The summed E-state index contributed by atoms with van der Waals surface area (Å²) < 4.78 is 42.7. The maximum Gasteiger partial charge on any atom is 0.341 e. The number of carboxylic acids is 2. The van der Waals surface area contributed by atoms with Gasteiger partial charge in [0, 0.05) is 11.9 Å². The lowest BCUT2D eigenvalue weighted by molar-refractivity contribution is -0.136. The first-order chi connectivity index (χ1) is 12.7. The van der Waals surface area contributed by atoms with Gasteiger partial charge in [0.05, 0.1) is 17.3 Å². The lowest BCUT2D eigenvalue weighted by Gasteiger charge is -2.16. The molecule has 0 radical (unpaired) electrons. The summed E-state index contributed by atoms with van der Waals surface area (Å²) in [6.45, 7) is 0. The fraction of sp³-hybridized carbons (Fsp3) is 0.0556. The first-order valence-corrected chi connectivity index (χ1v) is 7.48. The van der Waals surface area contributed by atoms with Crippen LogP contribution in [0.2, 0.25) is 0 Å². The summed E-state index contributed by atoms with van der Waals surface area (Å²) in [5, 5.41) is 17.6. The van der Waals surface area contributed by atoms with Gasteiger partial charge in [0.15, 0.2) is 17.5 Å². The topological polar surface area (TPSA) is 96.6 Å². The van der Waals surface area contributed by atoms with Crippen LogP contribution in [0.25, 0.3) is 16.6 Å². The number of pyridine rings is 1. The molecule has 0 spiro atoms. The third-order valence-electron chi connectivity index (χ3n) is 3.95. The summed E-state index contributed by atoms with van der Waals surface area (Å²) >= 11 is 0. The molecule has 3 aromatic rings. The first-order valence-electron chi connectivity index (χ1n) is 7.48. The average Bonchev–Trinajstić information content (AvgIpc) is 2.60. The van der Waals surface area contributed by atoms with Crippen molar-refractivity contribution in [2.45, 2.75) is 6.42 Å². The van der Waals surface area contributed by atoms with Crippen molar-refractivity contribution in [1.29, 1.82) is 0 Å². The molecule has 1 aromatic heterocycles. The minimum atomic E-state index is -1.84. The highest BCUT2D eigenvalue weighted by atomic mass is 19.2. The Morgan fingerprint density at radius 1 is 1.04 bits per heavy atom. The van der Waals surface area contributed by atoms with E-state index in [1.165, 1.54) is 24.3 Å². The summed E-state index contributed by atoms with van der Waals surface area (Å²) in [4.78, 5) is 34.7. The Kier molecular flexibility index (Phi) is 4.44. The number of carboxylic acid groups (broad SMARTS) is 2. The molecule has 0 aliphatic rings. The monoisotopic (exact) mass is 377 g/mol. The van der Waals surface area contributed by atoms with Crippen molar-refractivity contribution >= 4 is 22.8 Å². The zero-order valence-corrected chi connectivity index (χ0v) is 13.4. The molecular formula is C18H10F3NO5. The van der Waals surface area contributed by atoms with Crippen LogP contribution in [-0.2, 0) is 11.2 Å². The van der Waals surface area contributed by atoms with Gasteiger partial charge in [0.2, 0.25) is 5.43 Å². The number of hydrogen-bond acceptors (Lipinski definition) is 3. The normalized spacial score (nSPS) is 10.9. The molecule has 27 heavy (non-hydrogen) atoms. The molecule has 0 saturated heterocycles. The van der Waals surface area contributed by atoms with Crippen LogP contribution >= 0.6 is 0 Å². The molecule has 0 atom stereocenters. The van der Waals surface area contributed by atoms with Gasteiger partial charge in [-0.3, -0.25) is 9.59 Å². The van der Waals surface area contributed by atoms with Gasteiger partial charge in [0.25, 0.3) is 0 Å². The molecule has 1 heterocycles. The van der Waals surface area contributed by atoms with E-state index in [1.807, 2.05) is 0 Å². The fourth-order valence-corrected chi connectivity index (χ4v) is 2.79. The second kappa shape index (κ2) is 6.60. The highest BCUT2D eigenvalue weighted by molar-refractivity contribution is 5.93. The van der Waals surface area contributed by atoms with Crippen molar-refractivity contribution in [3.8, 4) is 5.69 Å². The van der Waals surface area contributed by atoms with Gasteiger partial charge >= 0.3 is 11.9 Å². The minimum absolute atomic E-state index is 0.0114. The zero-order valence-electron chi connectivity index (χ0n) is 13.4. The minimum Gasteiger partial charge on any atom is -0.481 e. The van der Waals surface area contributed by atoms with Crippen LogP contribution in [0.4, 0.5) is 13.2 Å². The van der Waals surface area contributed by atoms with Crippen LogP contribution in [0, 0.1) is 17.5 Å². The van der Waals surface area contributed by atoms with E-state index in [4.69, 9.17) is 5.11 Å². The Hall–Kier alpha value is -3.62. The van der Waals surface area contributed by atoms with Crippen molar-refractivity contribution in [2.75, 3.05) is 0 Å². The number of halogens is 3. The van der Waals surface area contributed by atoms with Crippen LogP contribution in [-0.4, -0.2) is 26.7 Å². The van der Waals surface area contributed by atoms with Gasteiger partial charge in [0.1, 0.15) is 5.56 Å². The number of carbonyl (C=O) groups is 2. The maximum absolute atomic E-state index is 14.5. The fourth-order valence-electron chi connectivity index (χ4n) is 2.79. The standard InChI is InChI=1S/C18H10F3NO5/c19-11-6-9-16(15(21)14(11)20)22(7-10(17(9)25)18(26)27)12-4-2-1-3-8(12)5-13(23)24/h1-4,6-7H,5H2,(H,23,24)(H,26,27). The molecule has 0 amide bonds. The van der Waals surface area contributed by atoms with E-state index in [9.17, 15) is 32.7 Å². The summed E-state index contributed by atoms with van der Waals surface area (Å²) in [6.07, 6.45) is 0.256. The van der Waals surface area contributed by atoms with E-state index < -0.39 is 57.7 Å². The Balaban J connectivity index is 2.52. The number of aromatic carboxylic acids is 1.